The van der Waals surface area contributed by atoms with Gasteiger partial charge in [0.05, 0.1) is 24.6 Å². The number of rotatable bonds is 5. The molecule has 1 amide bonds. The van der Waals surface area contributed by atoms with Crippen molar-refractivity contribution in [1.29, 1.82) is 0 Å². The fourth-order valence-corrected chi connectivity index (χ4v) is 2.28. The molecular formula is C17H13N7O2. The molecule has 0 spiro atoms. The van der Waals surface area contributed by atoms with Gasteiger partial charge in [-0.1, -0.05) is 10.4 Å². The first-order valence-corrected chi connectivity index (χ1v) is 7.76. The minimum absolute atomic E-state index is 0.184. The summed E-state index contributed by atoms with van der Waals surface area (Å²) in [6.45, 7) is 0.216. The number of nitrogens with one attached hydrogen (secondary N) is 1. The van der Waals surface area contributed by atoms with Crippen LogP contribution in [0.1, 0.15) is 16.2 Å². The second-order valence-electron chi connectivity index (χ2n) is 5.37. The van der Waals surface area contributed by atoms with E-state index in [0.717, 1.165) is 11.3 Å². The Bertz CT molecular complexity index is 1010. The van der Waals surface area contributed by atoms with E-state index in [9.17, 15) is 4.79 Å². The summed E-state index contributed by atoms with van der Waals surface area (Å²) >= 11 is 0. The first kappa shape index (κ1) is 15.6. The van der Waals surface area contributed by atoms with Crippen LogP contribution < -0.4 is 5.32 Å². The van der Waals surface area contributed by atoms with Gasteiger partial charge in [0.15, 0.2) is 11.5 Å². The third kappa shape index (κ3) is 3.31. The third-order valence-electron chi connectivity index (χ3n) is 3.57. The van der Waals surface area contributed by atoms with Gasteiger partial charge in [0.1, 0.15) is 5.69 Å². The molecule has 0 atom stereocenters. The molecular weight excluding hydrogens is 334 g/mol. The molecule has 1 N–H and O–H groups in total. The number of carbonyl (C=O) groups excluding carboxylic acids is 1. The smallest absolute Gasteiger partial charge is 0.273 e. The van der Waals surface area contributed by atoms with Crippen molar-refractivity contribution in [2.45, 2.75) is 6.54 Å². The lowest BCUT2D eigenvalue weighted by molar-refractivity contribution is 0.0941. The summed E-state index contributed by atoms with van der Waals surface area (Å²) in [5.41, 5.74) is 2.33. The molecule has 0 unspecified atom stereocenters. The zero-order chi connectivity index (χ0) is 17.8. The van der Waals surface area contributed by atoms with E-state index in [1.54, 1.807) is 47.8 Å². The van der Waals surface area contributed by atoms with Crippen molar-refractivity contribution in [3.05, 3.63) is 72.7 Å². The van der Waals surface area contributed by atoms with Crippen molar-refractivity contribution in [3.63, 3.8) is 0 Å². The van der Waals surface area contributed by atoms with Crippen LogP contribution in [0.15, 0.2) is 65.8 Å². The summed E-state index contributed by atoms with van der Waals surface area (Å²) in [5.74, 6) is 0.116. The maximum atomic E-state index is 12.2. The minimum atomic E-state index is -0.361. The number of pyridine rings is 2. The molecule has 0 aliphatic carbocycles. The molecule has 0 saturated carbocycles. The SMILES string of the molecule is O=C(NCc1cn(-c2cccnc2)nn1)c1cc(-c2cccnc2)on1. The zero-order valence-electron chi connectivity index (χ0n) is 13.5. The van der Waals surface area contributed by atoms with Crippen molar-refractivity contribution in [3.8, 4) is 17.0 Å². The zero-order valence-corrected chi connectivity index (χ0v) is 13.5. The molecule has 9 nitrogen and oxygen atoms in total. The largest absolute Gasteiger partial charge is 0.355 e. The molecule has 9 heteroatoms. The maximum absolute atomic E-state index is 12.2. The molecule has 0 aliphatic rings. The standard InChI is InChI=1S/C17H13N7O2/c25-17(15-7-16(26-22-15)12-3-1-5-18-8-12)20-9-13-11-24(23-21-13)14-4-2-6-19-10-14/h1-8,10-11H,9H2,(H,20,25). The molecule has 26 heavy (non-hydrogen) atoms. The van der Waals surface area contributed by atoms with E-state index < -0.39 is 0 Å². The topological polar surface area (TPSA) is 112 Å². The lowest BCUT2D eigenvalue weighted by Gasteiger charge is -1.99. The average molecular weight is 347 g/mol. The Hall–Kier alpha value is -3.88. The van der Waals surface area contributed by atoms with Gasteiger partial charge in [-0.15, -0.1) is 5.10 Å². The molecule has 0 bridgehead atoms. The Balaban J connectivity index is 1.40. The van der Waals surface area contributed by atoms with Crippen molar-refractivity contribution in [1.82, 2.24) is 35.4 Å². The summed E-state index contributed by atoms with van der Waals surface area (Å²) in [7, 11) is 0. The van der Waals surface area contributed by atoms with Crippen molar-refractivity contribution in [2.24, 2.45) is 0 Å². The highest BCUT2D eigenvalue weighted by molar-refractivity contribution is 5.92. The van der Waals surface area contributed by atoms with Gasteiger partial charge < -0.3 is 9.84 Å². The summed E-state index contributed by atoms with van der Waals surface area (Å²) in [6.07, 6.45) is 8.37. The summed E-state index contributed by atoms with van der Waals surface area (Å²) < 4.78 is 6.78. The monoisotopic (exact) mass is 347 g/mol. The molecule has 4 aromatic heterocycles. The molecule has 4 aromatic rings. The predicted molar refractivity (Wildman–Crippen MR) is 90.1 cm³/mol. The predicted octanol–water partition coefficient (Wildman–Crippen LogP) is 1.64. The van der Waals surface area contributed by atoms with Crippen LogP contribution >= 0.6 is 0 Å². The van der Waals surface area contributed by atoms with Gasteiger partial charge in [-0.05, 0) is 24.3 Å². The number of hydrogen-bond acceptors (Lipinski definition) is 7. The van der Waals surface area contributed by atoms with Crippen LogP contribution in [-0.2, 0) is 6.54 Å². The van der Waals surface area contributed by atoms with Crippen molar-refractivity contribution in [2.75, 3.05) is 0 Å². The van der Waals surface area contributed by atoms with Gasteiger partial charge in [-0.2, -0.15) is 0 Å². The Morgan fingerprint density at radius 2 is 2.00 bits per heavy atom. The lowest BCUT2D eigenvalue weighted by Crippen LogP contribution is -2.23. The highest BCUT2D eigenvalue weighted by Gasteiger charge is 2.14. The van der Waals surface area contributed by atoms with E-state index in [1.165, 1.54) is 0 Å². The summed E-state index contributed by atoms with van der Waals surface area (Å²) in [6, 6.07) is 8.84. The van der Waals surface area contributed by atoms with Gasteiger partial charge >= 0.3 is 0 Å². The van der Waals surface area contributed by atoms with E-state index in [0.29, 0.717) is 11.5 Å². The quantitative estimate of drug-likeness (QED) is 0.584. The fourth-order valence-electron chi connectivity index (χ4n) is 2.28. The Morgan fingerprint density at radius 3 is 2.77 bits per heavy atom. The van der Waals surface area contributed by atoms with Gasteiger partial charge in [0.25, 0.3) is 5.91 Å². The van der Waals surface area contributed by atoms with Gasteiger partial charge in [0.2, 0.25) is 0 Å². The molecule has 4 heterocycles. The maximum Gasteiger partial charge on any atom is 0.273 e. The Morgan fingerprint density at radius 1 is 1.15 bits per heavy atom. The van der Waals surface area contributed by atoms with Crippen LogP contribution in [0.2, 0.25) is 0 Å². The van der Waals surface area contributed by atoms with E-state index in [4.69, 9.17) is 4.52 Å². The van der Waals surface area contributed by atoms with E-state index in [-0.39, 0.29) is 18.1 Å². The second kappa shape index (κ2) is 6.93. The number of hydrogen-bond donors (Lipinski definition) is 1. The lowest BCUT2D eigenvalue weighted by atomic mass is 10.2. The van der Waals surface area contributed by atoms with Crippen LogP contribution in [0.4, 0.5) is 0 Å². The van der Waals surface area contributed by atoms with Crippen LogP contribution in [0, 0.1) is 0 Å². The Kier molecular flexibility index (Phi) is 4.17. The van der Waals surface area contributed by atoms with Crippen molar-refractivity contribution >= 4 is 5.91 Å². The van der Waals surface area contributed by atoms with Crippen LogP contribution in [0.3, 0.4) is 0 Å². The van der Waals surface area contributed by atoms with Gasteiger partial charge in [-0.3, -0.25) is 14.8 Å². The first-order valence-electron chi connectivity index (χ1n) is 7.76. The summed E-state index contributed by atoms with van der Waals surface area (Å²) in [4.78, 5) is 20.3. The number of aromatic nitrogens is 6. The molecule has 0 radical (unpaired) electrons. The van der Waals surface area contributed by atoms with Crippen LogP contribution in [0.5, 0.6) is 0 Å². The van der Waals surface area contributed by atoms with Crippen LogP contribution in [-0.4, -0.2) is 36.0 Å². The highest BCUT2D eigenvalue weighted by Crippen LogP contribution is 2.18. The van der Waals surface area contributed by atoms with Crippen molar-refractivity contribution < 1.29 is 9.32 Å². The normalized spacial score (nSPS) is 10.6. The highest BCUT2D eigenvalue weighted by atomic mass is 16.5. The molecule has 4 rings (SSSR count). The number of nitrogens with zero attached hydrogens (tertiary/aromatic N) is 6. The molecule has 0 fully saturated rings. The first-order chi connectivity index (χ1) is 12.8. The fraction of sp³-hybridized carbons (Fsp3) is 0.0588. The average Bonchev–Trinajstić information content (AvgIpc) is 3.37. The molecule has 0 saturated heterocycles. The Labute approximate surface area is 147 Å². The van der Waals surface area contributed by atoms with Crippen LogP contribution in [0.25, 0.3) is 17.0 Å². The van der Waals surface area contributed by atoms with E-state index >= 15 is 0 Å². The minimum Gasteiger partial charge on any atom is -0.355 e. The molecule has 0 aliphatic heterocycles. The van der Waals surface area contributed by atoms with Gasteiger partial charge in [0, 0.05) is 30.2 Å². The van der Waals surface area contributed by atoms with E-state index in [2.05, 4.69) is 30.8 Å². The second-order valence-corrected chi connectivity index (χ2v) is 5.37. The third-order valence-corrected chi connectivity index (χ3v) is 3.57. The molecule has 128 valence electrons. The number of amides is 1. The van der Waals surface area contributed by atoms with Gasteiger partial charge in [-0.25, -0.2) is 4.68 Å². The summed E-state index contributed by atoms with van der Waals surface area (Å²) in [5, 5.41) is 14.6. The molecule has 0 aromatic carbocycles. The number of carbonyl (C=O) groups is 1. The van der Waals surface area contributed by atoms with E-state index in [1.807, 2.05) is 18.2 Å².